The summed E-state index contributed by atoms with van der Waals surface area (Å²) in [6.45, 7) is 6.49. The molecule has 0 saturated carbocycles. The highest BCUT2D eigenvalue weighted by molar-refractivity contribution is 14.0. The van der Waals surface area contributed by atoms with Crippen molar-refractivity contribution in [3.63, 3.8) is 0 Å². The summed E-state index contributed by atoms with van der Waals surface area (Å²) in [4.78, 5) is 20.5. The van der Waals surface area contributed by atoms with Crippen LogP contribution in [0.5, 0.6) is 0 Å². The minimum absolute atomic E-state index is 0. The van der Waals surface area contributed by atoms with Crippen LogP contribution in [0.1, 0.15) is 24.6 Å². The van der Waals surface area contributed by atoms with Crippen molar-refractivity contribution in [2.75, 3.05) is 32.1 Å². The molecule has 0 radical (unpaired) electrons. The molecule has 0 saturated heterocycles. The van der Waals surface area contributed by atoms with E-state index < -0.39 is 0 Å². The topological polar surface area (TPSA) is 87.6 Å². The van der Waals surface area contributed by atoms with Gasteiger partial charge in [0.1, 0.15) is 5.82 Å². The lowest BCUT2D eigenvalue weighted by atomic mass is 10.2. The summed E-state index contributed by atoms with van der Waals surface area (Å²) in [6, 6.07) is 15.7. The molecule has 1 aromatic heterocycles. The number of carbonyl (C=O) groups is 1. The van der Waals surface area contributed by atoms with Crippen molar-refractivity contribution in [2.45, 2.75) is 26.9 Å². The number of hydrogen-bond acceptors (Lipinski definition) is 4. The van der Waals surface area contributed by atoms with Gasteiger partial charge in [0.15, 0.2) is 5.96 Å². The largest absolute Gasteiger partial charge is 0.376 e. The number of aromatic nitrogens is 1. The van der Waals surface area contributed by atoms with Crippen LogP contribution in [0.25, 0.3) is 0 Å². The third-order valence-electron chi connectivity index (χ3n) is 4.16. The van der Waals surface area contributed by atoms with Crippen LogP contribution in [-0.4, -0.2) is 43.6 Å². The number of amides is 1. The van der Waals surface area contributed by atoms with Gasteiger partial charge in [0.05, 0.1) is 13.2 Å². The van der Waals surface area contributed by atoms with Gasteiger partial charge in [-0.3, -0.25) is 9.79 Å². The molecular formula is C22H32IN5O2. The number of rotatable bonds is 10. The Morgan fingerprint density at radius 1 is 1.13 bits per heavy atom. The van der Waals surface area contributed by atoms with Crippen molar-refractivity contribution >= 4 is 41.7 Å². The first-order chi connectivity index (χ1) is 14.1. The maximum atomic E-state index is 12.0. The molecule has 0 fully saturated rings. The van der Waals surface area contributed by atoms with Gasteiger partial charge >= 0.3 is 0 Å². The fourth-order valence-electron chi connectivity index (χ4n) is 2.62. The summed E-state index contributed by atoms with van der Waals surface area (Å²) in [5, 5.41) is 9.21. The second kappa shape index (κ2) is 14.7. The van der Waals surface area contributed by atoms with E-state index in [0.717, 1.165) is 12.2 Å². The highest BCUT2D eigenvalue weighted by Gasteiger charge is 2.07. The van der Waals surface area contributed by atoms with Gasteiger partial charge in [0, 0.05) is 32.3 Å². The number of guanidine groups is 1. The highest BCUT2D eigenvalue weighted by Crippen LogP contribution is 2.04. The lowest BCUT2D eigenvalue weighted by molar-refractivity contribution is -0.116. The molecule has 1 aromatic carbocycles. The molecule has 8 heteroatoms. The standard InChI is InChI=1S/C22H31N5O2.HI/c1-17(15-29-16-19-9-5-4-6-10-19)14-25-22(23-3)24-13-12-21(28)27-20-11-7-8-18(2)26-20;/h4-11,17H,12-16H2,1-3H3,(H2,23,24,25)(H,26,27,28);1H. The molecule has 1 unspecified atom stereocenters. The molecule has 3 N–H and O–H groups in total. The van der Waals surface area contributed by atoms with Gasteiger partial charge in [0.2, 0.25) is 5.91 Å². The summed E-state index contributed by atoms with van der Waals surface area (Å²) in [5.41, 5.74) is 2.04. The number of hydrogen-bond donors (Lipinski definition) is 3. The average Bonchev–Trinajstić information content (AvgIpc) is 2.71. The van der Waals surface area contributed by atoms with Crippen LogP contribution in [0.4, 0.5) is 5.82 Å². The first kappa shape index (κ1) is 25.8. The van der Waals surface area contributed by atoms with Crippen molar-refractivity contribution in [1.82, 2.24) is 15.6 Å². The van der Waals surface area contributed by atoms with Gasteiger partial charge in [-0.1, -0.05) is 43.3 Å². The minimum Gasteiger partial charge on any atom is -0.376 e. The number of nitrogens with one attached hydrogen (secondary N) is 3. The molecular weight excluding hydrogens is 493 g/mol. The summed E-state index contributed by atoms with van der Waals surface area (Å²) in [6.07, 6.45) is 0.325. The number of aryl methyl sites for hydroxylation is 1. The van der Waals surface area contributed by atoms with Crippen molar-refractivity contribution in [3.05, 3.63) is 59.8 Å². The summed E-state index contributed by atoms with van der Waals surface area (Å²) >= 11 is 0. The molecule has 0 bridgehead atoms. The van der Waals surface area contributed by atoms with Gasteiger partial charge in [-0.25, -0.2) is 4.98 Å². The molecule has 1 atom stereocenters. The van der Waals surface area contributed by atoms with Gasteiger partial charge in [-0.2, -0.15) is 0 Å². The monoisotopic (exact) mass is 525 g/mol. The third-order valence-corrected chi connectivity index (χ3v) is 4.16. The van der Waals surface area contributed by atoms with Crippen LogP contribution in [0.3, 0.4) is 0 Å². The highest BCUT2D eigenvalue weighted by atomic mass is 127. The van der Waals surface area contributed by atoms with Crippen LogP contribution in [0, 0.1) is 12.8 Å². The molecule has 0 aliphatic rings. The zero-order chi connectivity index (χ0) is 20.9. The van der Waals surface area contributed by atoms with Gasteiger partial charge < -0.3 is 20.7 Å². The second-order valence-electron chi connectivity index (χ2n) is 6.95. The van der Waals surface area contributed by atoms with Crippen molar-refractivity contribution in [1.29, 1.82) is 0 Å². The van der Waals surface area contributed by atoms with Crippen LogP contribution in [0.15, 0.2) is 53.5 Å². The second-order valence-corrected chi connectivity index (χ2v) is 6.95. The zero-order valence-electron chi connectivity index (χ0n) is 17.9. The van der Waals surface area contributed by atoms with Crippen molar-refractivity contribution in [3.8, 4) is 0 Å². The molecule has 0 aliphatic heterocycles. The molecule has 2 aromatic rings. The van der Waals surface area contributed by atoms with Gasteiger partial charge in [-0.15, -0.1) is 24.0 Å². The van der Waals surface area contributed by atoms with Crippen LogP contribution in [-0.2, 0) is 16.1 Å². The number of ether oxygens (including phenoxy) is 1. The smallest absolute Gasteiger partial charge is 0.227 e. The number of carbonyl (C=O) groups excluding carboxylic acids is 1. The number of benzene rings is 1. The summed E-state index contributed by atoms with van der Waals surface area (Å²) in [5.74, 6) is 1.48. The predicted octanol–water partition coefficient (Wildman–Crippen LogP) is 3.35. The van der Waals surface area contributed by atoms with E-state index in [4.69, 9.17) is 4.74 Å². The molecule has 30 heavy (non-hydrogen) atoms. The van der Waals surface area contributed by atoms with E-state index in [0.29, 0.717) is 43.9 Å². The Bertz CT molecular complexity index is 786. The lowest BCUT2D eigenvalue weighted by Gasteiger charge is -2.16. The maximum Gasteiger partial charge on any atom is 0.227 e. The predicted molar refractivity (Wildman–Crippen MR) is 132 cm³/mol. The normalized spacial score (nSPS) is 11.9. The Balaban J connectivity index is 0.00000450. The minimum atomic E-state index is -0.0891. The van der Waals surface area contributed by atoms with Crippen molar-refractivity contribution < 1.29 is 9.53 Å². The van der Waals surface area contributed by atoms with Crippen molar-refractivity contribution in [2.24, 2.45) is 10.9 Å². The first-order valence-electron chi connectivity index (χ1n) is 9.86. The number of nitrogens with zero attached hydrogens (tertiary/aromatic N) is 2. The number of pyridine rings is 1. The molecule has 0 spiro atoms. The fourth-order valence-corrected chi connectivity index (χ4v) is 2.62. The third kappa shape index (κ3) is 10.5. The summed E-state index contributed by atoms with van der Waals surface area (Å²) < 4.78 is 5.77. The molecule has 2 rings (SSSR count). The fraction of sp³-hybridized carbons (Fsp3) is 0.409. The molecule has 1 heterocycles. The molecule has 0 aliphatic carbocycles. The number of halogens is 1. The van der Waals surface area contributed by atoms with E-state index in [9.17, 15) is 4.79 Å². The van der Waals surface area contributed by atoms with E-state index in [1.165, 1.54) is 5.56 Å². The average molecular weight is 525 g/mol. The van der Waals surface area contributed by atoms with Gasteiger partial charge in [-0.05, 0) is 30.5 Å². The van der Waals surface area contributed by atoms with E-state index >= 15 is 0 Å². The Hall–Kier alpha value is -2.20. The zero-order valence-corrected chi connectivity index (χ0v) is 20.2. The van der Waals surface area contributed by atoms with Crippen LogP contribution >= 0.6 is 24.0 Å². The Labute approximate surface area is 196 Å². The first-order valence-corrected chi connectivity index (χ1v) is 9.86. The maximum absolute atomic E-state index is 12.0. The van der Waals surface area contributed by atoms with Crippen LogP contribution < -0.4 is 16.0 Å². The molecule has 164 valence electrons. The van der Waals surface area contributed by atoms with Gasteiger partial charge in [0.25, 0.3) is 0 Å². The summed E-state index contributed by atoms with van der Waals surface area (Å²) in [7, 11) is 1.71. The quantitative estimate of drug-likeness (QED) is 0.252. The molecule has 1 amide bonds. The Morgan fingerprint density at radius 2 is 1.90 bits per heavy atom. The van der Waals surface area contributed by atoms with E-state index in [2.05, 4.69) is 45.0 Å². The number of anilines is 1. The number of aliphatic imine (C=N–C) groups is 1. The van der Waals surface area contributed by atoms with E-state index in [-0.39, 0.29) is 29.9 Å². The van der Waals surface area contributed by atoms with E-state index in [1.807, 2.05) is 37.3 Å². The Morgan fingerprint density at radius 3 is 2.60 bits per heavy atom. The Kier molecular flexibility index (Phi) is 12.7. The SMILES string of the molecule is CN=C(NCCC(=O)Nc1cccc(C)n1)NCC(C)COCc1ccccc1.I. The van der Waals surface area contributed by atoms with E-state index in [1.54, 1.807) is 13.1 Å². The molecule has 7 nitrogen and oxygen atoms in total. The lowest BCUT2D eigenvalue weighted by Crippen LogP contribution is -2.41. The van der Waals surface area contributed by atoms with Crippen LogP contribution in [0.2, 0.25) is 0 Å².